The molecule has 0 saturated carbocycles. The van der Waals surface area contributed by atoms with Crippen LogP contribution in [0.2, 0.25) is 0 Å². The van der Waals surface area contributed by atoms with Crippen molar-refractivity contribution < 1.29 is 18.7 Å². The first-order valence-electron chi connectivity index (χ1n) is 9.21. The van der Waals surface area contributed by atoms with Gasteiger partial charge in [-0.2, -0.15) is 0 Å². The van der Waals surface area contributed by atoms with Crippen molar-refractivity contribution in [2.75, 3.05) is 14.2 Å². The van der Waals surface area contributed by atoms with Gasteiger partial charge < -0.3 is 14.5 Å². The van der Waals surface area contributed by atoms with Gasteiger partial charge in [0.15, 0.2) is 0 Å². The number of hydrogen-bond acceptors (Lipinski definition) is 3. The van der Waals surface area contributed by atoms with Crippen molar-refractivity contribution in [1.29, 1.82) is 0 Å². The second kappa shape index (κ2) is 7.80. The Morgan fingerprint density at radius 1 is 1.00 bits per heavy atom. The van der Waals surface area contributed by atoms with Crippen LogP contribution in [0.5, 0.6) is 5.75 Å². The van der Waals surface area contributed by atoms with E-state index in [0.29, 0.717) is 6.42 Å². The molecule has 0 fully saturated rings. The van der Waals surface area contributed by atoms with E-state index in [4.69, 9.17) is 9.47 Å². The summed E-state index contributed by atoms with van der Waals surface area (Å²) in [5.74, 6) is -0.511. The van der Waals surface area contributed by atoms with Gasteiger partial charge in [-0.15, -0.1) is 0 Å². The molecular weight excluding hydrogens is 369 g/mol. The Kier molecular flexibility index (Phi) is 5.04. The third kappa shape index (κ3) is 3.59. The van der Waals surface area contributed by atoms with E-state index in [2.05, 4.69) is 4.98 Å². The molecule has 0 aliphatic rings. The highest BCUT2D eigenvalue weighted by molar-refractivity contribution is 5.92. The van der Waals surface area contributed by atoms with E-state index in [0.717, 1.165) is 39.0 Å². The van der Waals surface area contributed by atoms with Crippen LogP contribution < -0.4 is 4.74 Å². The molecule has 0 aliphatic heterocycles. The summed E-state index contributed by atoms with van der Waals surface area (Å²) in [6.45, 7) is 0. The third-order valence-corrected chi connectivity index (χ3v) is 4.99. The van der Waals surface area contributed by atoms with E-state index >= 15 is 0 Å². The summed E-state index contributed by atoms with van der Waals surface area (Å²) in [6, 6.07) is 20.4. The number of ether oxygens (including phenoxy) is 2. The Hall–Kier alpha value is -3.60. The monoisotopic (exact) mass is 389 g/mol. The molecule has 1 aromatic heterocycles. The fourth-order valence-electron chi connectivity index (χ4n) is 3.55. The molecule has 0 saturated heterocycles. The second-order valence-corrected chi connectivity index (χ2v) is 6.74. The summed E-state index contributed by atoms with van der Waals surface area (Å²) in [7, 11) is 2.88. The lowest BCUT2D eigenvalue weighted by molar-refractivity contribution is 0.0595. The highest BCUT2D eigenvalue weighted by Gasteiger charge is 2.17. The number of nitrogens with one attached hydrogen (secondary N) is 1. The Balaban J connectivity index is 1.85. The van der Waals surface area contributed by atoms with Gasteiger partial charge in [-0.3, -0.25) is 0 Å². The van der Waals surface area contributed by atoms with Gasteiger partial charge in [-0.25, -0.2) is 9.18 Å². The molecule has 0 atom stereocenters. The molecule has 0 bridgehead atoms. The zero-order valence-corrected chi connectivity index (χ0v) is 16.2. The Labute approximate surface area is 167 Å². The van der Waals surface area contributed by atoms with Crippen molar-refractivity contribution in [2.24, 2.45) is 0 Å². The molecule has 4 rings (SSSR count). The van der Waals surface area contributed by atoms with E-state index in [-0.39, 0.29) is 5.56 Å². The van der Waals surface area contributed by atoms with Gasteiger partial charge in [-0.1, -0.05) is 36.4 Å². The Morgan fingerprint density at radius 3 is 2.52 bits per heavy atom. The molecule has 0 radical (unpaired) electrons. The van der Waals surface area contributed by atoms with Gasteiger partial charge in [0.25, 0.3) is 0 Å². The minimum Gasteiger partial charge on any atom is -0.497 e. The summed E-state index contributed by atoms with van der Waals surface area (Å²) in [5.41, 5.74) is 4.81. The smallest absolute Gasteiger partial charge is 0.340 e. The van der Waals surface area contributed by atoms with Crippen LogP contribution in [-0.4, -0.2) is 25.2 Å². The maximum atomic E-state index is 14.0. The number of fused-ring (bicyclic) bond motifs is 1. The lowest BCUT2D eigenvalue weighted by atomic mass is 9.97. The number of halogens is 1. The molecule has 4 aromatic rings. The van der Waals surface area contributed by atoms with Crippen LogP contribution in [0.25, 0.3) is 22.2 Å². The fraction of sp³-hybridized carbons (Fsp3) is 0.125. The first-order valence-corrected chi connectivity index (χ1v) is 9.21. The van der Waals surface area contributed by atoms with Gasteiger partial charge in [0.2, 0.25) is 0 Å². The highest BCUT2D eigenvalue weighted by atomic mass is 19.1. The molecule has 0 unspecified atom stereocenters. The number of carbonyl (C=O) groups is 1. The van der Waals surface area contributed by atoms with E-state index in [1.807, 2.05) is 48.5 Å². The van der Waals surface area contributed by atoms with E-state index in [1.54, 1.807) is 19.2 Å². The third-order valence-electron chi connectivity index (χ3n) is 4.99. The quantitative estimate of drug-likeness (QED) is 0.468. The molecule has 146 valence electrons. The zero-order valence-electron chi connectivity index (χ0n) is 16.2. The number of aromatic amines is 1. The summed E-state index contributed by atoms with van der Waals surface area (Å²) in [6.07, 6.45) is 0.529. The van der Waals surface area contributed by atoms with Gasteiger partial charge in [0.05, 0.1) is 25.5 Å². The molecule has 1 heterocycles. The molecule has 0 amide bonds. The lowest BCUT2D eigenvalue weighted by Crippen LogP contribution is -2.05. The lowest BCUT2D eigenvalue weighted by Gasteiger charge is -2.08. The van der Waals surface area contributed by atoms with Crippen LogP contribution in [0.1, 0.15) is 21.5 Å². The van der Waals surface area contributed by atoms with Crippen LogP contribution in [-0.2, 0) is 11.2 Å². The predicted molar refractivity (Wildman–Crippen MR) is 111 cm³/mol. The Morgan fingerprint density at radius 2 is 1.79 bits per heavy atom. The number of benzene rings is 3. The Bertz CT molecular complexity index is 1180. The molecule has 0 aliphatic carbocycles. The number of carbonyl (C=O) groups excluding carboxylic acids is 1. The molecule has 5 heteroatoms. The average Bonchev–Trinajstić information content (AvgIpc) is 3.12. The van der Waals surface area contributed by atoms with Gasteiger partial charge in [0.1, 0.15) is 11.6 Å². The topological polar surface area (TPSA) is 51.3 Å². The summed E-state index contributed by atoms with van der Waals surface area (Å²) in [5, 5.41) is 1.05. The molecule has 1 N–H and O–H groups in total. The van der Waals surface area contributed by atoms with Gasteiger partial charge in [0, 0.05) is 23.4 Å². The number of H-pyrrole nitrogens is 1. The van der Waals surface area contributed by atoms with Crippen molar-refractivity contribution in [3.05, 3.63) is 89.2 Å². The second-order valence-electron chi connectivity index (χ2n) is 6.74. The molecule has 29 heavy (non-hydrogen) atoms. The minimum atomic E-state index is -0.684. The van der Waals surface area contributed by atoms with Crippen molar-refractivity contribution in [3.8, 4) is 17.0 Å². The SMILES string of the molecule is COC(=O)c1cc(Cc2c(-c3ccccc3)[nH]c3cc(OC)ccc23)ccc1F. The summed E-state index contributed by atoms with van der Waals surface area (Å²) >= 11 is 0. The van der Waals surface area contributed by atoms with Crippen LogP contribution >= 0.6 is 0 Å². The normalized spacial score (nSPS) is 10.9. The number of aromatic nitrogens is 1. The average molecular weight is 389 g/mol. The van der Waals surface area contributed by atoms with Crippen LogP contribution in [0.3, 0.4) is 0 Å². The van der Waals surface area contributed by atoms with Crippen LogP contribution in [0, 0.1) is 5.82 Å². The van der Waals surface area contributed by atoms with Crippen molar-refractivity contribution in [3.63, 3.8) is 0 Å². The number of methoxy groups -OCH3 is 2. The first kappa shape index (κ1) is 18.7. The van der Waals surface area contributed by atoms with Crippen LogP contribution in [0.4, 0.5) is 4.39 Å². The molecular formula is C24H20FNO3. The standard InChI is InChI=1S/C24H20FNO3/c1-28-17-9-10-18-19(12-15-8-11-21(25)20(13-15)24(27)29-2)23(26-22(18)14-17)16-6-4-3-5-7-16/h3-11,13-14,26H,12H2,1-2H3. The zero-order chi connectivity index (χ0) is 20.4. The number of hydrogen-bond donors (Lipinski definition) is 1. The minimum absolute atomic E-state index is 0.0622. The van der Waals surface area contributed by atoms with Gasteiger partial charge in [-0.05, 0) is 41.0 Å². The molecule has 4 nitrogen and oxygen atoms in total. The van der Waals surface area contributed by atoms with E-state index < -0.39 is 11.8 Å². The number of esters is 1. The van der Waals surface area contributed by atoms with E-state index in [1.165, 1.54) is 13.2 Å². The summed E-state index contributed by atoms with van der Waals surface area (Å²) in [4.78, 5) is 15.4. The molecule has 3 aromatic carbocycles. The van der Waals surface area contributed by atoms with Gasteiger partial charge >= 0.3 is 5.97 Å². The maximum absolute atomic E-state index is 14.0. The maximum Gasteiger partial charge on any atom is 0.340 e. The van der Waals surface area contributed by atoms with Crippen molar-refractivity contribution in [2.45, 2.75) is 6.42 Å². The number of rotatable bonds is 5. The fourth-order valence-corrected chi connectivity index (χ4v) is 3.55. The summed E-state index contributed by atoms with van der Waals surface area (Å²) < 4.78 is 24.1. The van der Waals surface area contributed by atoms with Crippen molar-refractivity contribution in [1.82, 2.24) is 4.98 Å². The molecule has 0 spiro atoms. The van der Waals surface area contributed by atoms with E-state index in [9.17, 15) is 9.18 Å². The predicted octanol–water partition coefficient (Wildman–Crippen LogP) is 5.36. The largest absolute Gasteiger partial charge is 0.497 e. The van der Waals surface area contributed by atoms with Crippen LogP contribution in [0.15, 0.2) is 66.7 Å². The first-order chi connectivity index (χ1) is 14.1. The highest BCUT2D eigenvalue weighted by Crippen LogP contribution is 2.34. The van der Waals surface area contributed by atoms with Crippen molar-refractivity contribution >= 4 is 16.9 Å².